The molecule has 0 spiro atoms. The van der Waals surface area contributed by atoms with E-state index in [1.165, 1.54) is 28.9 Å². The Morgan fingerprint density at radius 1 is 1.11 bits per heavy atom. The Kier molecular flexibility index (Phi) is 8.46. The number of ether oxygens (including phenoxy) is 1. The lowest BCUT2D eigenvalue weighted by Gasteiger charge is -2.35. The molecule has 0 aliphatic carbocycles. The fourth-order valence-electron chi connectivity index (χ4n) is 5.08. The largest absolute Gasteiger partial charge is 0.487 e. The molecule has 11 nitrogen and oxygen atoms in total. The zero-order chi connectivity index (χ0) is 32.5. The Morgan fingerprint density at radius 3 is 2.56 bits per heavy atom. The molecule has 0 atom stereocenters. The van der Waals surface area contributed by atoms with Crippen molar-refractivity contribution >= 4 is 34.2 Å². The number of hydrogen-bond donors (Lipinski definition) is 2. The van der Waals surface area contributed by atoms with Gasteiger partial charge in [-0.15, -0.1) is 0 Å². The molecule has 0 bridgehead atoms. The Balaban J connectivity index is 1.33. The van der Waals surface area contributed by atoms with Crippen molar-refractivity contribution in [3.63, 3.8) is 0 Å². The van der Waals surface area contributed by atoms with Crippen LogP contribution in [0.15, 0.2) is 60.9 Å². The van der Waals surface area contributed by atoms with Gasteiger partial charge in [0.15, 0.2) is 6.61 Å². The number of carbonyl (C=O) groups excluding carboxylic acids is 1. The molecule has 0 aliphatic heterocycles. The monoisotopic (exact) mass is 619 g/mol. The first-order valence-electron chi connectivity index (χ1n) is 14.5. The average molecular weight is 620 g/mol. The van der Waals surface area contributed by atoms with Crippen LogP contribution in [0.25, 0.3) is 16.6 Å². The maximum atomic E-state index is 14.7. The molecule has 0 fully saturated rings. The predicted octanol–water partition coefficient (Wildman–Crippen LogP) is 6.04. The van der Waals surface area contributed by atoms with Crippen molar-refractivity contribution in [2.75, 3.05) is 18.5 Å². The van der Waals surface area contributed by atoms with Gasteiger partial charge >= 0.3 is 6.09 Å². The number of amides is 2. The summed E-state index contributed by atoms with van der Waals surface area (Å²) in [6.07, 6.45) is 2.11. The van der Waals surface area contributed by atoms with E-state index < -0.39 is 36.6 Å². The van der Waals surface area contributed by atoms with E-state index >= 15 is 0 Å². The normalized spacial score (nSPS) is 12.1. The summed E-state index contributed by atoms with van der Waals surface area (Å²) < 4.78 is 38.1. The number of nitrogens with zero attached hydrogens (tertiary/aromatic N) is 6. The second kappa shape index (κ2) is 12.1. The quantitative estimate of drug-likeness (QED) is 0.195. The van der Waals surface area contributed by atoms with Crippen LogP contribution >= 0.6 is 0 Å². The van der Waals surface area contributed by atoms with E-state index in [1.54, 1.807) is 20.8 Å². The molecule has 0 saturated heterocycles. The molecule has 2 N–H and O–H groups in total. The number of nitrogens with one attached hydrogen (secondary N) is 1. The summed E-state index contributed by atoms with van der Waals surface area (Å²) in [7, 11) is 0. The first-order valence-corrected chi connectivity index (χ1v) is 14.5. The lowest BCUT2D eigenvalue weighted by molar-refractivity contribution is -0.0740. The molecular formula is C32H35F2N7O4. The smallest absolute Gasteiger partial charge is 0.407 e. The number of halogens is 2. The van der Waals surface area contributed by atoms with Crippen molar-refractivity contribution in [1.82, 2.24) is 29.0 Å². The highest BCUT2D eigenvalue weighted by Crippen LogP contribution is 2.29. The summed E-state index contributed by atoms with van der Waals surface area (Å²) in [6.45, 7) is 6.99. The minimum atomic E-state index is -3.44. The fraction of sp³-hybridized carbons (Fsp3) is 0.344. The first-order chi connectivity index (χ1) is 21.3. The molecule has 0 unspecified atom stereocenters. The number of rotatable bonds is 10. The topological polar surface area (TPSA) is 127 Å². The van der Waals surface area contributed by atoms with Gasteiger partial charge in [-0.25, -0.2) is 18.6 Å². The van der Waals surface area contributed by atoms with Crippen molar-refractivity contribution in [1.29, 1.82) is 0 Å². The number of aryl methyl sites for hydroxylation is 2. The molecule has 4 heterocycles. The zero-order valence-electron chi connectivity index (χ0n) is 25.7. The molecule has 45 heavy (non-hydrogen) atoms. The van der Waals surface area contributed by atoms with E-state index in [9.17, 15) is 23.5 Å². The lowest BCUT2D eigenvalue weighted by Crippen LogP contribution is -2.51. The van der Waals surface area contributed by atoms with Gasteiger partial charge in [0, 0.05) is 28.9 Å². The molecule has 236 valence electrons. The molecule has 0 aliphatic rings. The first kappa shape index (κ1) is 31.4. The number of pyridine rings is 2. The van der Waals surface area contributed by atoms with E-state index in [4.69, 9.17) is 9.84 Å². The van der Waals surface area contributed by atoms with Crippen molar-refractivity contribution in [3.05, 3.63) is 83.7 Å². The number of hydrogen-bond acceptors (Lipinski definition) is 6. The molecule has 4 aromatic heterocycles. The van der Waals surface area contributed by atoms with Crippen LogP contribution in [-0.4, -0.2) is 70.8 Å². The van der Waals surface area contributed by atoms with Gasteiger partial charge in [0.05, 0.1) is 41.9 Å². The molecule has 1 aromatic carbocycles. The predicted molar refractivity (Wildman–Crippen MR) is 165 cm³/mol. The maximum Gasteiger partial charge on any atom is 0.407 e. The van der Waals surface area contributed by atoms with Gasteiger partial charge in [0.1, 0.15) is 17.1 Å². The molecular weight excluding hydrogens is 584 g/mol. The summed E-state index contributed by atoms with van der Waals surface area (Å²) in [5.74, 6) is -3.76. The highest BCUT2D eigenvalue weighted by molar-refractivity contribution is 6.08. The van der Waals surface area contributed by atoms with Gasteiger partial charge in [0.2, 0.25) is 0 Å². The molecule has 0 saturated carbocycles. The number of aromatic nitrogens is 5. The van der Waals surface area contributed by atoms with E-state index in [0.29, 0.717) is 29.2 Å². The number of carboxylic acid groups (broad SMARTS) is 1. The van der Waals surface area contributed by atoms with Crippen molar-refractivity contribution in [2.45, 2.75) is 59.0 Å². The summed E-state index contributed by atoms with van der Waals surface area (Å²) >= 11 is 0. The highest BCUT2D eigenvalue weighted by Gasteiger charge is 2.39. The van der Waals surface area contributed by atoms with Crippen LogP contribution in [0.3, 0.4) is 0 Å². The van der Waals surface area contributed by atoms with Gasteiger partial charge in [-0.2, -0.15) is 5.10 Å². The van der Waals surface area contributed by atoms with E-state index in [0.717, 1.165) is 28.0 Å². The number of fused-ring (bicyclic) bond motifs is 2. The standard InChI is InChI=1S/C32H35F2N7O4/c1-6-23-28-24(11-8-12-25(28)41(38-23)17-21-10-7-9-20(2)36-21)37-29(42)26-16-35-27-15-22(13-14-39(26)27)45-19-32(33,34)18-40(30(43)44)31(3,4)5/h7-16H,6,17-19H2,1-5H3,(H,37,42)(H,43,44). The average Bonchev–Trinajstić information content (AvgIpc) is 3.56. The van der Waals surface area contributed by atoms with Crippen molar-refractivity contribution < 1.29 is 28.2 Å². The maximum absolute atomic E-state index is 14.7. The fourth-order valence-corrected chi connectivity index (χ4v) is 5.08. The van der Waals surface area contributed by atoms with E-state index in [2.05, 4.69) is 15.3 Å². The van der Waals surface area contributed by atoms with Crippen molar-refractivity contribution in [3.8, 4) is 5.75 Å². The minimum Gasteiger partial charge on any atom is -0.487 e. The lowest BCUT2D eigenvalue weighted by atomic mass is 10.1. The van der Waals surface area contributed by atoms with Crippen LogP contribution in [0.5, 0.6) is 5.75 Å². The van der Waals surface area contributed by atoms with Crippen LogP contribution in [0.2, 0.25) is 0 Å². The van der Waals surface area contributed by atoms with Gasteiger partial charge < -0.3 is 15.2 Å². The Hall–Kier alpha value is -5.07. The minimum absolute atomic E-state index is 0.102. The number of anilines is 1. The number of benzene rings is 1. The van der Waals surface area contributed by atoms with Crippen LogP contribution in [0.4, 0.5) is 19.3 Å². The van der Waals surface area contributed by atoms with Crippen LogP contribution in [0.1, 0.15) is 55.3 Å². The Labute approximate surface area is 258 Å². The molecule has 5 rings (SSSR count). The van der Waals surface area contributed by atoms with Gasteiger partial charge in [-0.3, -0.25) is 23.8 Å². The Bertz CT molecular complexity index is 1880. The number of alkyl halides is 2. The van der Waals surface area contributed by atoms with Crippen LogP contribution < -0.4 is 10.1 Å². The molecule has 13 heteroatoms. The van der Waals surface area contributed by atoms with Gasteiger partial charge in [0.25, 0.3) is 11.8 Å². The van der Waals surface area contributed by atoms with Crippen LogP contribution in [0, 0.1) is 6.92 Å². The second-order valence-electron chi connectivity index (χ2n) is 11.8. The van der Waals surface area contributed by atoms with Gasteiger partial charge in [-0.1, -0.05) is 19.1 Å². The summed E-state index contributed by atoms with van der Waals surface area (Å²) in [4.78, 5) is 34.5. The number of carbonyl (C=O) groups is 2. The summed E-state index contributed by atoms with van der Waals surface area (Å²) in [5.41, 5.74) is 3.62. The summed E-state index contributed by atoms with van der Waals surface area (Å²) in [6, 6.07) is 14.3. The van der Waals surface area contributed by atoms with Crippen LogP contribution in [-0.2, 0) is 13.0 Å². The van der Waals surface area contributed by atoms with E-state index in [-0.39, 0.29) is 11.4 Å². The molecule has 0 radical (unpaired) electrons. The number of imidazole rings is 1. The zero-order valence-corrected chi connectivity index (χ0v) is 25.7. The second-order valence-corrected chi connectivity index (χ2v) is 11.8. The highest BCUT2D eigenvalue weighted by atomic mass is 19.3. The summed E-state index contributed by atoms with van der Waals surface area (Å²) in [5, 5.41) is 18.0. The third-order valence-electron chi connectivity index (χ3n) is 7.29. The Morgan fingerprint density at radius 2 is 1.87 bits per heavy atom. The third-order valence-corrected chi connectivity index (χ3v) is 7.29. The SMILES string of the molecule is CCc1nn(Cc2cccc(C)n2)c2cccc(NC(=O)c3cnc4cc(OCC(F)(F)CN(C(=O)O)C(C)(C)C)ccn34)c12. The van der Waals surface area contributed by atoms with Crippen molar-refractivity contribution in [2.24, 2.45) is 0 Å². The third kappa shape index (κ3) is 6.87. The van der Waals surface area contributed by atoms with E-state index in [1.807, 2.05) is 54.9 Å². The van der Waals surface area contributed by atoms with Gasteiger partial charge in [-0.05, 0) is 64.4 Å². The molecule has 5 aromatic rings. The molecule has 2 amide bonds.